The minimum Gasteiger partial charge on any atom is -0.454 e. The lowest BCUT2D eigenvalue weighted by atomic mass is 10.3. The molecular weight excluding hydrogens is 116 g/mol. The average Bonchev–Trinajstić information content (AvgIpc) is 2.31. The molecule has 1 aliphatic heterocycles. The molecule has 0 fully saturated rings. The predicted molar refractivity (Wildman–Crippen MR) is 32.6 cm³/mol. The maximum atomic E-state index is 7.35. The third kappa shape index (κ3) is 0.633. The largest absolute Gasteiger partial charge is 0.454 e. The fourth-order valence-corrected chi connectivity index (χ4v) is 0.715. The molecule has 1 heterocycles. The van der Waals surface area contributed by atoms with Crippen molar-refractivity contribution >= 4 is 0 Å². The molecule has 2 rings (SSSR count). The van der Waals surface area contributed by atoms with Crippen LogP contribution in [0.1, 0.15) is 2.74 Å². The molecule has 0 saturated heterocycles. The quantitative estimate of drug-likeness (QED) is 0.520. The van der Waals surface area contributed by atoms with Crippen LogP contribution in [0.4, 0.5) is 0 Å². The Morgan fingerprint density at radius 2 is 2.33 bits per heavy atom. The summed E-state index contributed by atoms with van der Waals surface area (Å²) in [6.07, 6.45) is 0. The third-order valence-electron chi connectivity index (χ3n) is 1.12. The normalized spacial score (nSPS) is 25.1. The Morgan fingerprint density at radius 3 is 3.22 bits per heavy atom. The Morgan fingerprint density at radius 1 is 1.44 bits per heavy atom. The smallest absolute Gasteiger partial charge is 0.231 e. The van der Waals surface area contributed by atoms with Gasteiger partial charge in [-0.25, -0.2) is 0 Å². The number of rotatable bonds is 0. The van der Waals surface area contributed by atoms with E-state index in [-0.39, 0.29) is 6.04 Å². The Balaban J connectivity index is 2.49. The van der Waals surface area contributed by atoms with E-state index in [1.807, 2.05) is 0 Å². The zero-order valence-corrected chi connectivity index (χ0v) is 4.63. The first-order valence-electron chi connectivity index (χ1n) is 3.70. The zero-order chi connectivity index (χ0) is 7.84. The van der Waals surface area contributed by atoms with Crippen LogP contribution in [0.3, 0.4) is 0 Å². The molecular formula is C7H6O2. The van der Waals surface area contributed by atoms with Gasteiger partial charge in [0.2, 0.25) is 6.77 Å². The molecule has 0 amide bonds. The van der Waals surface area contributed by atoms with Gasteiger partial charge in [0, 0.05) is 0 Å². The van der Waals surface area contributed by atoms with E-state index < -0.39 is 6.77 Å². The van der Waals surface area contributed by atoms with E-state index in [9.17, 15) is 0 Å². The van der Waals surface area contributed by atoms with Crippen molar-refractivity contribution in [2.45, 2.75) is 0 Å². The molecule has 0 spiro atoms. The van der Waals surface area contributed by atoms with Gasteiger partial charge in [-0.1, -0.05) is 12.1 Å². The molecule has 2 nitrogen and oxygen atoms in total. The van der Waals surface area contributed by atoms with Crippen LogP contribution in [0.25, 0.3) is 0 Å². The molecule has 0 radical (unpaired) electrons. The summed E-state index contributed by atoms with van der Waals surface area (Å²) in [6.45, 7) is -1.00. The Kier molecular flexibility index (Phi) is 0.571. The van der Waals surface area contributed by atoms with Crippen molar-refractivity contribution in [3.05, 3.63) is 24.2 Å². The summed E-state index contributed by atoms with van der Waals surface area (Å²) in [5, 5.41) is 0. The van der Waals surface area contributed by atoms with E-state index in [0.717, 1.165) is 0 Å². The average molecular weight is 124 g/mol. The van der Waals surface area contributed by atoms with Gasteiger partial charge in [-0.05, 0) is 12.1 Å². The van der Waals surface area contributed by atoms with Gasteiger partial charge in [0.25, 0.3) is 0 Å². The predicted octanol–water partition coefficient (Wildman–Crippen LogP) is 1.42. The van der Waals surface area contributed by atoms with Crippen molar-refractivity contribution in [3.8, 4) is 11.5 Å². The van der Waals surface area contributed by atoms with Gasteiger partial charge in [0.05, 0.1) is 1.37 Å². The van der Waals surface area contributed by atoms with Crippen LogP contribution in [0.2, 0.25) is 0 Å². The second-order valence-electron chi connectivity index (χ2n) is 1.70. The van der Waals surface area contributed by atoms with E-state index in [2.05, 4.69) is 0 Å². The van der Waals surface area contributed by atoms with Gasteiger partial charge in [0.15, 0.2) is 11.5 Å². The van der Waals surface area contributed by atoms with Crippen LogP contribution in [0.15, 0.2) is 24.2 Å². The van der Waals surface area contributed by atoms with Crippen molar-refractivity contribution in [2.24, 2.45) is 0 Å². The highest BCUT2D eigenvalue weighted by molar-refractivity contribution is 5.40. The minimum atomic E-state index is -1.00. The molecule has 1 unspecified atom stereocenters. The van der Waals surface area contributed by atoms with Gasteiger partial charge in [-0.3, -0.25) is 0 Å². The molecule has 0 saturated carbocycles. The Bertz CT molecular complexity index is 288. The fraction of sp³-hybridized carbons (Fsp3) is 0.143. The maximum Gasteiger partial charge on any atom is 0.231 e. The highest BCUT2D eigenvalue weighted by Gasteiger charge is 2.09. The fourth-order valence-electron chi connectivity index (χ4n) is 0.715. The molecule has 1 atom stereocenters. The van der Waals surface area contributed by atoms with Crippen LogP contribution in [-0.2, 0) is 0 Å². The van der Waals surface area contributed by atoms with Crippen LogP contribution >= 0.6 is 0 Å². The van der Waals surface area contributed by atoms with E-state index in [1.165, 1.54) is 0 Å². The number of fused-ring (bicyclic) bond motifs is 1. The molecule has 1 aromatic carbocycles. The standard InChI is InChI=1S/C7H6O2/c1-2-4-7-6(3-1)8-5-9-7/h1-4H,5H2/i3D,5D. The molecule has 0 N–H and O–H groups in total. The summed E-state index contributed by atoms with van der Waals surface area (Å²) in [5.74, 6) is 0.852. The highest BCUT2D eigenvalue weighted by Crippen LogP contribution is 2.30. The lowest BCUT2D eigenvalue weighted by Crippen LogP contribution is -1.92. The first kappa shape index (κ1) is 3.11. The lowest BCUT2D eigenvalue weighted by Gasteiger charge is -1.89. The van der Waals surface area contributed by atoms with Gasteiger partial charge in [0.1, 0.15) is 1.37 Å². The molecule has 9 heavy (non-hydrogen) atoms. The number of benzene rings is 1. The SMILES string of the molecule is [2H]c1cccc2c1OC([2H])O2. The Hall–Kier alpha value is -1.18. The summed E-state index contributed by atoms with van der Waals surface area (Å²) in [5.41, 5.74) is 0. The molecule has 2 heteroatoms. The van der Waals surface area contributed by atoms with Crippen LogP contribution in [-0.4, -0.2) is 6.77 Å². The van der Waals surface area contributed by atoms with E-state index in [4.69, 9.17) is 12.2 Å². The van der Waals surface area contributed by atoms with Gasteiger partial charge in [-0.15, -0.1) is 0 Å². The molecule has 0 bridgehead atoms. The summed E-state index contributed by atoms with van der Waals surface area (Å²) in [6, 6.07) is 5.24. The maximum absolute atomic E-state index is 7.35. The molecule has 1 aromatic rings. The van der Waals surface area contributed by atoms with Crippen molar-refractivity contribution in [1.29, 1.82) is 0 Å². The van der Waals surface area contributed by atoms with Crippen molar-refractivity contribution in [2.75, 3.05) is 6.77 Å². The molecule has 46 valence electrons. The first-order chi connectivity index (χ1) is 5.27. The van der Waals surface area contributed by atoms with Crippen LogP contribution in [0, 0.1) is 0 Å². The van der Waals surface area contributed by atoms with Crippen LogP contribution < -0.4 is 9.47 Å². The van der Waals surface area contributed by atoms with E-state index in [0.29, 0.717) is 11.5 Å². The van der Waals surface area contributed by atoms with Crippen molar-refractivity contribution < 1.29 is 12.2 Å². The van der Waals surface area contributed by atoms with Crippen molar-refractivity contribution in [3.63, 3.8) is 0 Å². The summed E-state index contributed by atoms with van der Waals surface area (Å²) >= 11 is 0. The van der Waals surface area contributed by atoms with Gasteiger partial charge >= 0.3 is 0 Å². The summed E-state index contributed by atoms with van der Waals surface area (Å²) in [4.78, 5) is 0. The highest BCUT2D eigenvalue weighted by atomic mass is 16.7. The van der Waals surface area contributed by atoms with E-state index in [1.54, 1.807) is 18.2 Å². The topological polar surface area (TPSA) is 18.5 Å². The van der Waals surface area contributed by atoms with Crippen LogP contribution in [0.5, 0.6) is 11.5 Å². The molecule has 0 aliphatic carbocycles. The summed E-state index contributed by atoms with van der Waals surface area (Å²) < 4.78 is 24.2. The van der Waals surface area contributed by atoms with E-state index >= 15 is 0 Å². The second kappa shape index (κ2) is 1.65. The Labute approximate surface area is 55.8 Å². The summed E-state index contributed by atoms with van der Waals surface area (Å²) in [7, 11) is 0. The molecule has 1 aliphatic rings. The monoisotopic (exact) mass is 124 g/mol. The third-order valence-corrected chi connectivity index (χ3v) is 1.12. The lowest BCUT2D eigenvalue weighted by molar-refractivity contribution is 0.174. The zero-order valence-electron chi connectivity index (χ0n) is 6.63. The first-order valence-corrected chi connectivity index (χ1v) is 2.62. The number of ether oxygens (including phenoxy) is 2. The number of hydrogen-bond donors (Lipinski definition) is 0. The number of hydrogen-bond acceptors (Lipinski definition) is 2. The minimum absolute atomic E-state index is 0.261. The number of para-hydroxylation sites is 2. The second-order valence-corrected chi connectivity index (χ2v) is 1.70. The van der Waals surface area contributed by atoms with Gasteiger partial charge < -0.3 is 9.47 Å². The molecule has 0 aromatic heterocycles. The van der Waals surface area contributed by atoms with Crippen molar-refractivity contribution in [1.82, 2.24) is 0 Å². The van der Waals surface area contributed by atoms with Gasteiger partial charge in [-0.2, -0.15) is 0 Å².